The lowest BCUT2D eigenvalue weighted by Crippen LogP contribution is -2.34. The van der Waals surface area contributed by atoms with E-state index in [2.05, 4.69) is 0 Å². The topological polar surface area (TPSA) is 63.7 Å². The van der Waals surface area contributed by atoms with Crippen molar-refractivity contribution in [2.24, 2.45) is 5.92 Å². The van der Waals surface area contributed by atoms with Crippen LogP contribution in [0.4, 0.5) is 4.39 Å². The van der Waals surface area contributed by atoms with Crippen molar-refractivity contribution in [2.75, 3.05) is 0 Å². The molecule has 0 saturated carbocycles. The van der Waals surface area contributed by atoms with Crippen LogP contribution < -0.4 is 0 Å². The zero-order valence-electron chi connectivity index (χ0n) is 8.89. The van der Waals surface area contributed by atoms with Gasteiger partial charge < -0.3 is 4.84 Å². The lowest BCUT2D eigenvalue weighted by Gasteiger charge is -2.17. The number of hydrogen-bond acceptors (Lipinski definition) is 4. The maximum Gasteiger partial charge on any atom is 0.340 e. The van der Waals surface area contributed by atoms with Crippen molar-refractivity contribution in [1.82, 2.24) is 5.06 Å². The third kappa shape index (κ3) is 2.41. The van der Waals surface area contributed by atoms with E-state index in [9.17, 15) is 18.8 Å². The Balaban J connectivity index is 1.96. The van der Waals surface area contributed by atoms with Crippen molar-refractivity contribution < 1.29 is 23.6 Å². The highest BCUT2D eigenvalue weighted by atomic mass is 19.1. The molecule has 2 aliphatic rings. The number of hydroxylamine groups is 2. The first-order valence-corrected chi connectivity index (χ1v) is 5.19. The third-order valence-electron chi connectivity index (χ3n) is 2.54. The molecule has 0 N–H and O–H groups in total. The van der Waals surface area contributed by atoms with E-state index in [0.717, 1.165) is 6.08 Å². The van der Waals surface area contributed by atoms with E-state index in [1.165, 1.54) is 12.2 Å². The molecular weight excluding hydrogens is 229 g/mol. The lowest BCUT2D eigenvalue weighted by atomic mass is 10.0. The number of carbonyl (C=O) groups excluding carboxylic acids is 3. The van der Waals surface area contributed by atoms with Gasteiger partial charge in [-0.3, -0.25) is 9.59 Å². The predicted molar refractivity (Wildman–Crippen MR) is 53.6 cm³/mol. The van der Waals surface area contributed by atoms with Crippen molar-refractivity contribution in [2.45, 2.75) is 19.3 Å². The molecule has 17 heavy (non-hydrogen) atoms. The number of imide groups is 1. The molecule has 6 heteroatoms. The molecule has 1 atom stereocenters. The van der Waals surface area contributed by atoms with Crippen LogP contribution in [-0.2, 0) is 19.2 Å². The molecule has 1 aliphatic heterocycles. The first-order chi connectivity index (χ1) is 8.08. The van der Waals surface area contributed by atoms with E-state index < -0.39 is 29.5 Å². The van der Waals surface area contributed by atoms with Crippen LogP contribution in [0.1, 0.15) is 19.3 Å². The first-order valence-electron chi connectivity index (χ1n) is 5.19. The first kappa shape index (κ1) is 11.5. The predicted octanol–water partition coefficient (Wildman–Crippen LogP) is 1.02. The van der Waals surface area contributed by atoms with Gasteiger partial charge in [0.05, 0.1) is 5.92 Å². The average molecular weight is 239 g/mol. The van der Waals surface area contributed by atoms with Crippen LogP contribution in [0.5, 0.6) is 0 Å². The Morgan fingerprint density at radius 2 is 2.00 bits per heavy atom. The third-order valence-corrected chi connectivity index (χ3v) is 2.54. The Hall–Kier alpha value is -1.98. The van der Waals surface area contributed by atoms with Crippen molar-refractivity contribution in [1.29, 1.82) is 0 Å². The smallest absolute Gasteiger partial charge is 0.330 e. The van der Waals surface area contributed by atoms with Gasteiger partial charge >= 0.3 is 5.97 Å². The normalized spacial score (nSPS) is 23.9. The largest absolute Gasteiger partial charge is 0.340 e. The van der Waals surface area contributed by atoms with Crippen LogP contribution in [0.15, 0.2) is 24.1 Å². The summed E-state index contributed by atoms with van der Waals surface area (Å²) in [6.45, 7) is 0. The number of amides is 2. The summed E-state index contributed by atoms with van der Waals surface area (Å²) in [4.78, 5) is 38.7. The molecule has 0 spiro atoms. The van der Waals surface area contributed by atoms with Crippen molar-refractivity contribution in [3.63, 3.8) is 0 Å². The Kier molecular flexibility index (Phi) is 3.03. The summed E-state index contributed by atoms with van der Waals surface area (Å²) in [7, 11) is 0. The van der Waals surface area contributed by atoms with Crippen molar-refractivity contribution in [3.8, 4) is 0 Å². The Labute approximate surface area is 96.5 Å². The molecule has 0 aromatic heterocycles. The van der Waals surface area contributed by atoms with Gasteiger partial charge in [0.1, 0.15) is 5.83 Å². The number of halogens is 1. The van der Waals surface area contributed by atoms with E-state index >= 15 is 0 Å². The number of nitrogens with zero attached hydrogens (tertiary/aromatic N) is 1. The molecule has 0 radical (unpaired) electrons. The highest BCUT2D eigenvalue weighted by Gasteiger charge is 2.34. The molecule has 1 aliphatic carbocycles. The number of rotatable bonds is 2. The Morgan fingerprint density at radius 1 is 1.35 bits per heavy atom. The molecule has 0 bridgehead atoms. The van der Waals surface area contributed by atoms with Gasteiger partial charge in [0, 0.05) is 12.8 Å². The van der Waals surface area contributed by atoms with E-state index in [0.29, 0.717) is 5.06 Å². The quantitative estimate of drug-likeness (QED) is 0.675. The summed E-state index contributed by atoms with van der Waals surface area (Å²) in [5.41, 5.74) is 0. The fourth-order valence-electron chi connectivity index (χ4n) is 1.58. The second-order valence-electron chi connectivity index (χ2n) is 3.78. The summed E-state index contributed by atoms with van der Waals surface area (Å²) < 4.78 is 12.7. The molecule has 0 aromatic carbocycles. The van der Waals surface area contributed by atoms with E-state index in [1.807, 2.05) is 0 Å². The summed E-state index contributed by atoms with van der Waals surface area (Å²) in [5, 5.41) is 0.491. The fraction of sp³-hybridized carbons (Fsp3) is 0.364. The molecule has 2 amide bonds. The Bertz CT molecular complexity index is 425. The van der Waals surface area contributed by atoms with Crippen LogP contribution >= 0.6 is 0 Å². The van der Waals surface area contributed by atoms with Crippen molar-refractivity contribution >= 4 is 17.8 Å². The summed E-state index contributed by atoms with van der Waals surface area (Å²) in [6, 6.07) is 0. The summed E-state index contributed by atoms with van der Waals surface area (Å²) >= 11 is 0. The van der Waals surface area contributed by atoms with Crippen LogP contribution in [0, 0.1) is 5.92 Å². The highest BCUT2D eigenvalue weighted by molar-refractivity contribution is 6.01. The van der Waals surface area contributed by atoms with Gasteiger partial charge in [0.15, 0.2) is 0 Å². The maximum atomic E-state index is 12.7. The molecular formula is C11H10FNO4. The molecule has 90 valence electrons. The zero-order chi connectivity index (χ0) is 12.4. The second kappa shape index (κ2) is 4.48. The molecule has 1 fully saturated rings. The van der Waals surface area contributed by atoms with Gasteiger partial charge in [0.25, 0.3) is 11.8 Å². The standard InChI is InChI=1S/C11H10FNO4/c12-8-3-1-7(2-4-8)11(16)17-13-9(14)5-6-10(13)15/h1,3-4,7H,2,5-6H2. The minimum absolute atomic E-state index is 0.0567. The van der Waals surface area contributed by atoms with Gasteiger partial charge in [-0.1, -0.05) is 6.08 Å². The van der Waals surface area contributed by atoms with Crippen LogP contribution in [-0.4, -0.2) is 22.8 Å². The lowest BCUT2D eigenvalue weighted by molar-refractivity contribution is -0.199. The minimum Gasteiger partial charge on any atom is -0.330 e. The molecule has 0 aromatic rings. The highest BCUT2D eigenvalue weighted by Crippen LogP contribution is 2.20. The fourth-order valence-corrected chi connectivity index (χ4v) is 1.58. The van der Waals surface area contributed by atoms with E-state index in [4.69, 9.17) is 4.84 Å². The van der Waals surface area contributed by atoms with E-state index in [-0.39, 0.29) is 19.3 Å². The zero-order valence-corrected chi connectivity index (χ0v) is 8.89. The monoisotopic (exact) mass is 239 g/mol. The molecule has 5 nitrogen and oxygen atoms in total. The number of allylic oxidation sites excluding steroid dienone is 3. The van der Waals surface area contributed by atoms with E-state index in [1.54, 1.807) is 0 Å². The van der Waals surface area contributed by atoms with Crippen molar-refractivity contribution in [3.05, 3.63) is 24.1 Å². The SMILES string of the molecule is O=C(ON1C(=O)CCC1=O)C1C=CC(F)=CC1. The van der Waals surface area contributed by atoms with Gasteiger partial charge in [-0.2, -0.15) is 0 Å². The maximum absolute atomic E-state index is 12.7. The minimum atomic E-state index is -0.728. The summed E-state index contributed by atoms with van der Waals surface area (Å²) in [6.07, 6.45) is 4.03. The van der Waals surface area contributed by atoms with Crippen LogP contribution in [0.2, 0.25) is 0 Å². The van der Waals surface area contributed by atoms with Gasteiger partial charge in [0.2, 0.25) is 0 Å². The number of hydrogen-bond donors (Lipinski definition) is 0. The second-order valence-corrected chi connectivity index (χ2v) is 3.78. The molecule has 1 unspecified atom stereocenters. The number of carbonyl (C=O) groups is 3. The summed E-state index contributed by atoms with van der Waals surface area (Å²) in [5.74, 6) is -2.85. The molecule has 1 heterocycles. The van der Waals surface area contributed by atoms with Crippen LogP contribution in [0.3, 0.4) is 0 Å². The van der Waals surface area contributed by atoms with Gasteiger partial charge in [-0.25, -0.2) is 9.18 Å². The van der Waals surface area contributed by atoms with Gasteiger partial charge in [-0.15, -0.1) is 5.06 Å². The van der Waals surface area contributed by atoms with Crippen LogP contribution in [0.25, 0.3) is 0 Å². The van der Waals surface area contributed by atoms with Gasteiger partial charge in [-0.05, 0) is 18.6 Å². The molecule has 2 rings (SSSR count). The average Bonchev–Trinajstić information content (AvgIpc) is 2.61. The molecule has 1 saturated heterocycles. The Morgan fingerprint density at radius 3 is 2.53 bits per heavy atom.